The lowest BCUT2D eigenvalue weighted by atomic mass is 10.1. The number of aryl methyl sites for hydroxylation is 1. The van der Waals surface area contributed by atoms with Crippen LogP contribution in [0.2, 0.25) is 0 Å². The van der Waals surface area contributed by atoms with E-state index in [1.165, 1.54) is 6.26 Å². The molecule has 3 aromatic rings. The maximum atomic E-state index is 12.9. The number of carbonyl (C=O) groups excluding carboxylic acids is 1. The maximum Gasteiger partial charge on any atom is 0.257 e. The Hall–Kier alpha value is -2.67. The number of rotatable bonds is 3. The van der Waals surface area contributed by atoms with E-state index < -0.39 is 0 Å². The Bertz CT molecular complexity index is 869. The summed E-state index contributed by atoms with van der Waals surface area (Å²) in [6, 6.07) is 7.55. The number of aromatic nitrogens is 3. The zero-order valence-corrected chi connectivity index (χ0v) is 13.4. The van der Waals surface area contributed by atoms with Crippen LogP contribution in [0.1, 0.15) is 29.2 Å². The van der Waals surface area contributed by atoms with Crippen LogP contribution in [0.25, 0.3) is 11.0 Å². The quantitative estimate of drug-likeness (QED) is 0.738. The van der Waals surface area contributed by atoms with Crippen LogP contribution in [-0.4, -0.2) is 45.3 Å². The molecule has 24 heavy (non-hydrogen) atoms. The molecule has 1 aliphatic rings. The van der Waals surface area contributed by atoms with Crippen molar-refractivity contribution >= 4 is 16.9 Å². The van der Waals surface area contributed by atoms with Crippen molar-refractivity contribution in [3.8, 4) is 0 Å². The van der Waals surface area contributed by atoms with Gasteiger partial charge in [0, 0.05) is 18.5 Å². The van der Waals surface area contributed by atoms with Gasteiger partial charge < -0.3 is 18.6 Å². The molecule has 1 aromatic carbocycles. The van der Waals surface area contributed by atoms with Crippen molar-refractivity contribution in [3.63, 3.8) is 0 Å². The fraction of sp³-hybridized carbons (Fsp3) is 0.353. The highest BCUT2D eigenvalue weighted by molar-refractivity contribution is 6.05. The first kappa shape index (κ1) is 14.9. The van der Waals surface area contributed by atoms with Gasteiger partial charge in [0.25, 0.3) is 5.91 Å². The average molecular weight is 326 g/mol. The molecule has 1 amide bonds. The minimum atomic E-state index is -0.261. The third-order valence-corrected chi connectivity index (χ3v) is 4.34. The van der Waals surface area contributed by atoms with E-state index in [0.29, 0.717) is 25.3 Å². The molecular weight excluding hydrogens is 308 g/mol. The molecule has 1 saturated heterocycles. The highest BCUT2D eigenvalue weighted by Crippen LogP contribution is 2.25. The van der Waals surface area contributed by atoms with Crippen molar-refractivity contribution in [3.05, 3.63) is 48.2 Å². The molecule has 1 fully saturated rings. The van der Waals surface area contributed by atoms with Gasteiger partial charge in [0.1, 0.15) is 24.3 Å². The van der Waals surface area contributed by atoms with Crippen molar-refractivity contribution < 1.29 is 13.9 Å². The van der Waals surface area contributed by atoms with Crippen LogP contribution in [0, 0.1) is 0 Å². The molecule has 0 radical (unpaired) electrons. The van der Waals surface area contributed by atoms with Crippen molar-refractivity contribution in [2.24, 2.45) is 0 Å². The summed E-state index contributed by atoms with van der Waals surface area (Å²) < 4.78 is 13.2. The van der Waals surface area contributed by atoms with Gasteiger partial charge in [0.05, 0.1) is 18.7 Å². The Morgan fingerprint density at radius 1 is 1.38 bits per heavy atom. The first-order valence-electron chi connectivity index (χ1n) is 8.02. The van der Waals surface area contributed by atoms with Gasteiger partial charge in [-0.15, -0.1) is 10.2 Å². The Morgan fingerprint density at radius 3 is 3.12 bits per heavy atom. The Kier molecular flexibility index (Phi) is 3.78. The van der Waals surface area contributed by atoms with Crippen LogP contribution in [-0.2, 0) is 11.3 Å². The topological polar surface area (TPSA) is 73.4 Å². The summed E-state index contributed by atoms with van der Waals surface area (Å²) in [4.78, 5) is 14.7. The van der Waals surface area contributed by atoms with Crippen LogP contribution in [0.4, 0.5) is 0 Å². The SMILES string of the molecule is CCn1cnnc1[C@@H]1CN(C(=O)c2coc3ccccc23)CCO1. The lowest BCUT2D eigenvalue weighted by Crippen LogP contribution is -2.42. The molecule has 2 aromatic heterocycles. The molecule has 0 unspecified atom stereocenters. The number of amides is 1. The molecule has 7 nitrogen and oxygen atoms in total. The number of furan rings is 1. The molecule has 0 saturated carbocycles. The lowest BCUT2D eigenvalue weighted by Gasteiger charge is -2.32. The number of benzene rings is 1. The van der Waals surface area contributed by atoms with Crippen LogP contribution in [0.3, 0.4) is 0 Å². The zero-order chi connectivity index (χ0) is 16.5. The first-order valence-corrected chi connectivity index (χ1v) is 8.02. The van der Waals surface area contributed by atoms with Gasteiger partial charge in [-0.25, -0.2) is 0 Å². The van der Waals surface area contributed by atoms with E-state index >= 15 is 0 Å². The molecule has 1 atom stereocenters. The zero-order valence-electron chi connectivity index (χ0n) is 13.4. The van der Waals surface area contributed by atoms with Crippen molar-refractivity contribution in [2.45, 2.75) is 19.6 Å². The molecular formula is C17H18N4O3. The number of nitrogens with zero attached hydrogens (tertiary/aromatic N) is 4. The smallest absolute Gasteiger partial charge is 0.257 e. The van der Waals surface area contributed by atoms with Gasteiger partial charge in [-0.1, -0.05) is 18.2 Å². The van der Waals surface area contributed by atoms with Gasteiger partial charge in [-0.05, 0) is 13.0 Å². The van der Waals surface area contributed by atoms with Gasteiger partial charge in [0.15, 0.2) is 5.82 Å². The van der Waals surface area contributed by atoms with E-state index in [1.54, 1.807) is 11.2 Å². The average Bonchev–Trinajstić information content (AvgIpc) is 3.28. The second kappa shape index (κ2) is 6.09. The van der Waals surface area contributed by atoms with E-state index in [0.717, 1.165) is 23.3 Å². The molecule has 3 heterocycles. The summed E-state index contributed by atoms with van der Waals surface area (Å²) in [5, 5.41) is 8.93. The van der Waals surface area contributed by atoms with E-state index in [9.17, 15) is 4.79 Å². The fourth-order valence-corrected chi connectivity index (χ4v) is 3.06. The third-order valence-electron chi connectivity index (χ3n) is 4.34. The van der Waals surface area contributed by atoms with Gasteiger partial charge in [-0.2, -0.15) is 0 Å². The number of hydrogen-bond acceptors (Lipinski definition) is 5. The molecule has 0 aliphatic carbocycles. The summed E-state index contributed by atoms with van der Waals surface area (Å²) >= 11 is 0. The monoisotopic (exact) mass is 326 g/mol. The predicted molar refractivity (Wildman–Crippen MR) is 86.5 cm³/mol. The van der Waals surface area contributed by atoms with Crippen LogP contribution in [0.15, 0.2) is 41.3 Å². The van der Waals surface area contributed by atoms with Gasteiger partial charge in [0.2, 0.25) is 0 Å². The van der Waals surface area contributed by atoms with E-state index in [1.807, 2.05) is 35.8 Å². The second-order valence-electron chi connectivity index (χ2n) is 5.73. The Labute approximate surface area is 138 Å². The van der Waals surface area contributed by atoms with E-state index in [2.05, 4.69) is 10.2 Å². The van der Waals surface area contributed by atoms with Crippen molar-refractivity contribution in [1.82, 2.24) is 19.7 Å². The molecule has 4 rings (SSSR count). The number of para-hydroxylation sites is 1. The molecule has 124 valence electrons. The normalized spacial score (nSPS) is 18.2. The molecule has 0 bridgehead atoms. The van der Waals surface area contributed by atoms with Gasteiger partial charge >= 0.3 is 0 Å². The van der Waals surface area contributed by atoms with E-state index in [4.69, 9.17) is 9.15 Å². The summed E-state index contributed by atoms with van der Waals surface area (Å²) in [5.41, 5.74) is 1.31. The predicted octanol–water partition coefficient (Wildman–Crippen LogP) is 2.26. The number of hydrogen-bond donors (Lipinski definition) is 0. The van der Waals surface area contributed by atoms with Crippen molar-refractivity contribution in [1.29, 1.82) is 0 Å². The summed E-state index contributed by atoms with van der Waals surface area (Å²) in [6.07, 6.45) is 2.96. The van der Waals surface area contributed by atoms with Gasteiger partial charge in [-0.3, -0.25) is 4.79 Å². The highest BCUT2D eigenvalue weighted by atomic mass is 16.5. The minimum absolute atomic E-state index is 0.0455. The summed E-state index contributed by atoms with van der Waals surface area (Å²) in [7, 11) is 0. The standard InChI is InChI=1S/C17H18N4O3/c1-2-20-11-18-19-16(20)15-9-21(7-8-23-15)17(22)13-10-24-14-6-4-3-5-12(13)14/h3-6,10-11,15H,2,7-9H2,1H3/t15-/m0/s1. The van der Waals surface area contributed by atoms with Crippen LogP contribution >= 0.6 is 0 Å². The molecule has 0 N–H and O–H groups in total. The minimum Gasteiger partial charge on any atom is -0.463 e. The number of fused-ring (bicyclic) bond motifs is 1. The summed E-state index contributed by atoms with van der Waals surface area (Å²) in [6.45, 7) is 4.27. The molecule has 7 heteroatoms. The Morgan fingerprint density at radius 2 is 2.25 bits per heavy atom. The second-order valence-corrected chi connectivity index (χ2v) is 5.73. The molecule has 0 spiro atoms. The Balaban J connectivity index is 1.59. The first-order chi connectivity index (χ1) is 11.8. The van der Waals surface area contributed by atoms with E-state index in [-0.39, 0.29) is 12.0 Å². The highest BCUT2D eigenvalue weighted by Gasteiger charge is 2.30. The lowest BCUT2D eigenvalue weighted by molar-refractivity contribution is -0.0283. The maximum absolute atomic E-state index is 12.9. The largest absolute Gasteiger partial charge is 0.463 e. The van der Waals surface area contributed by atoms with Crippen LogP contribution in [0.5, 0.6) is 0 Å². The number of carbonyl (C=O) groups is 1. The summed E-state index contributed by atoms with van der Waals surface area (Å²) in [5.74, 6) is 0.711. The number of ether oxygens (including phenoxy) is 1. The number of morpholine rings is 1. The fourth-order valence-electron chi connectivity index (χ4n) is 3.06. The molecule has 1 aliphatic heterocycles. The van der Waals surface area contributed by atoms with Crippen molar-refractivity contribution in [2.75, 3.05) is 19.7 Å². The van der Waals surface area contributed by atoms with Crippen LogP contribution < -0.4 is 0 Å². The third kappa shape index (κ3) is 2.46.